The molecule has 1 fully saturated rings. The van der Waals surface area contributed by atoms with Crippen molar-refractivity contribution in [1.82, 2.24) is 15.1 Å². The molecule has 1 amide bonds. The molecule has 0 bridgehead atoms. The zero-order valence-electron chi connectivity index (χ0n) is 17.8. The number of carbonyl (C=O) groups excluding carboxylic acids is 1. The van der Waals surface area contributed by atoms with E-state index in [9.17, 15) is 4.79 Å². The molecule has 154 valence electrons. The van der Waals surface area contributed by atoms with Crippen LogP contribution < -0.4 is 5.32 Å². The number of amides is 1. The Morgan fingerprint density at radius 2 is 1.86 bits per heavy atom. The highest BCUT2D eigenvalue weighted by Crippen LogP contribution is 2.18. The average Bonchev–Trinajstić information content (AvgIpc) is 3.12. The van der Waals surface area contributed by atoms with Crippen molar-refractivity contribution in [1.29, 1.82) is 0 Å². The quantitative estimate of drug-likeness (QED) is 0.577. The normalized spacial score (nSPS) is 14.4. The number of guanidine groups is 1. The van der Waals surface area contributed by atoms with E-state index in [4.69, 9.17) is 4.99 Å². The molecule has 0 saturated carbocycles. The Morgan fingerprint density at radius 3 is 2.52 bits per heavy atom. The van der Waals surface area contributed by atoms with E-state index in [0.717, 1.165) is 32.0 Å². The summed E-state index contributed by atoms with van der Waals surface area (Å²) in [7, 11) is 2.07. The Kier molecular flexibility index (Phi) is 7.28. The van der Waals surface area contributed by atoms with Gasteiger partial charge in [-0.2, -0.15) is 0 Å². The van der Waals surface area contributed by atoms with Crippen molar-refractivity contribution in [2.45, 2.75) is 46.3 Å². The number of benzene rings is 2. The molecule has 29 heavy (non-hydrogen) atoms. The number of aryl methyl sites for hydroxylation is 1. The van der Waals surface area contributed by atoms with Crippen molar-refractivity contribution in [3.8, 4) is 0 Å². The van der Waals surface area contributed by atoms with Gasteiger partial charge in [0.05, 0.1) is 6.54 Å². The lowest BCUT2D eigenvalue weighted by Crippen LogP contribution is -2.38. The summed E-state index contributed by atoms with van der Waals surface area (Å²) < 4.78 is 0. The number of nitrogens with zero attached hydrogens (tertiary/aromatic N) is 3. The van der Waals surface area contributed by atoms with Crippen molar-refractivity contribution in [3.05, 3.63) is 70.8 Å². The number of rotatable bonds is 7. The number of hydrogen-bond acceptors (Lipinski definition) is 2. The minimum absolute atomic E-state index is 0.259. The molecule has 1 N–H and O–H groups in total. The third-order valence-electron chi connectivity index (χ3n) is 5.29. The SMILES string of the molecule is CCNC(=NCc1ccccc1CN1CCCC1=O)N(C)Cc1ccc(C)cc1. The van der Waals surface area contributed by atoms with E-state index in [1.54, 1.807) is 0 Å². The first-order valence-corrected chi connectivity index (χ1v) is 10.5. The summed E-state index contributed by atoms with van der Waals surface area (Å²) in [6.45, 7) is 7.95. The fourth-order valence-corrected chi connectivity index (χ4v) is 3.61. The molecule has 0 aliphatic carbocycles. The van der Waals surface area contributed by atoms with Gasteiger partial charge in [0.1, 0.15) is 0 Å². The zero-order valence-corrected chi connectivity index (χ0v) is 17.8. The van der Waals surface area contributed by atoms with Crippen LogP contribution in [-0.4, -0.2) is 41.8 Å². The van der Waals surface area contributed by atoms with Gasteiger partial charge in [-0.05, 0) is 37.0 Å². The van der Waals surface area contributed by atoms with Crippen molar-refractivity contribution >= 4 is 11.9 Å². The highest BCUT2D eigenvalue weighted by Gasteiger charge is 2.20. The average molecular weight is 393 g/mol. The second-order valence-electron chi connectivity index (χ2n) is 7.70. The van der Waals surface area contributed by atoms with Crippen LogP contribution in [0.5, 0.6) is 0 Å². The summed E-state index contributed by atoms with van der Waals surface area (Å²) in [5, 5.41) is 3.40. The Balaban J connectivity index is 1.71. The standard InChI is InChI=1S/C24H32N4O/c1-4-25-24(27(3)17-20-13-11-19(2)12-14-20)26-16-21-8-5-6-9-22(21)18-28-15-7-10-23(28)29/h5-6,8-9,11-14H,4,7,10,15-18H2,1-3H3,(H,25,26). The number of carbonyl (C=O) groups is 1. The van der Waals surface area contributed by atoms with Crippen LogP contribution >= 0.6 is 0 Å². The zero-order chi connectivity index (χ0) is 20.6. The van der Waals surface area contributed by atoms with E-state index in [0.29, 0.717) is 19.5 Å². The first-order valence-electron chi connectivity index (χ1n) is 10.5. The van der Waals surface area contributed by atoms with Gasteiger partial charge < -0.3 is 15.1 Å². The van der Waals surface area contributed by atoms with E-state index < -0.39 is 0 Å². The van der Waals surface area contributed by atoms with Gasteiger partial charge in [-0.3, -0.25) is 4.79 Å². The van der Waals surface area contributed by atoms with Crippen LogP contribution in [0.3, 0.4) is 0 Å². The molecule has 1 aliphatic rings. The van der Waals surface area contributed by atoms with Gasteiger partial charge in [0.15, 0.2) is 5.96 Å². The lowest BCUT2D eigenvalue weighted by Gasteiger charge is -2.23. The summed E-state index contributed by atoms with van der Waals surface area (Å²) in [6.07, 6.45) is 1.64. The molecule has 2 aromatic rings. The van der Waals surface area contributed by atoms with Gasteiger partial charge in [-0.15, -0.1) is 0 Å². The van der Waals surface area contributed by atoms with Crippen molar-refractivity contribution in [3.63, 3.8) is 0 Å². The number of aliphatic imine (C=N–C) groups is 1. The van der Waals surface area contributed by atoms with Crippen LogP contribution in [0.15, 0.2) is 53.5 Å². The fourth-order valence-electron chi connectivity index (χ4n) is 3.61. The molecule has 0 atom stereocenters. The first kappa shape index (κ1) is 20.9. The van der Waals surface area contributed by atoms with Gasteiger partial charge >= 0.3 is 0 Å². The van der Waals surface area contributed by atoms with E-state index in [2.05, 4.69) is 67.5 Å². The molecule has 0 spiro atoms. The summed E-state index contributed by atoms with van der Waals surface area (Å²) in [5.74, 6) is 1.15. The van der Waals surface area contributed by atoms with Gasteiger partial charge in [0, 0.05) is 39.6 Å². The second kappa shape index (κ2) is 10.1. The molecular formula is C24H32N4O. The molecule has 0 radical (unpaired) electrons. The molecule has 5 heteroatoms. The molecule has 0 aromatic heterocycles. The van der Waals surface area contributed by atoms with Crippen LogP contribution in [-0.2, 0) is 24.4 Å². The van der Waals surface area contributed by atoms with Crippen LogP contribution in [0.4, 0.5) is 0 Å². The van der Waals surface area contributed by atoms with Crippen LogP contribution in [0.25, 0.3) is 0 Å². The highest BCUT2D eigenvalue weighted by atomic mass is 16.2. The summed E-state index contributed by atoms with van der Waals surface area (Å²) in [4.78, 5) is 21.0. The maximum atomic E-state index is 12.0. The summed E-state index contributed by atoms with van der Waals surface area (Å²) in [5.41, 5.74) is 4.89. The maximum absolute atomic E-state index is 12.0. The summed E-state index contributed by atoms with van der Waals surface area (Å²) >= 11 is 0. The van der Waals surface area contributed by atoms with Crippen LogP contribution in [0, 0.1) is 6.92 Å². The number of likely N-dealkylation sites (tertiary alicyclic amines) is 1. The molecule has 0 unspecified atom stereocenters. The fraction of sp³-hybridized carbons (Fsp3) is 0.417. The minimum Gasteiger partial charge on any atom is -0.357 e. The third-order valence-corrected chi connectivity index (χ3v) is 5.29. The lowest BCUT2D eigenvalue weighted by molar-refractivity contribution is -0.128. The lowest BCUT2D eigenvalue weighted by atomic mass is 10.1. The minimum atomic E-state index is 0.259. The third kappa shape index (κ3) is 5.83. The van der Waals surface area contributed by atoms with Gasteiger partial charge in [0.25, 0.3) is 0 Å². The predicted molar refractivity (Wildman–Crippen MR) is 119 cm³/mol. The van der Waals surface area contributed by atoms with Crippen LogP contribution in [0.2, 0.25) is 0 Å². The monoisotopic (exact) mass is 392 g/mol. The molecule has 1 aliphatic heterocycles. The van der Waals surface area contributed by atoms with Crippen LogP contribution in [0.1, 0.15) is 42.0 Å². The van der Waals surface area contributed by atoms with Gasteiger partial charge in [0.2, 0.25) is 5.91 Å². The van der Waals surface area contributed by atoms with Crippen molar-refractivity contribution in [2.75, 3.05) is 20.1 Å². The smallest absolute Gasteiger partial charge is 0.222 e. The maximum Gasteiger partial charge on any atom is 0.222 e. The molecular weight excluding hydrogens is 360 g/mol. The number of nitrogens with one attached hydrogen (secondary N) is 1. The van der Waals surface area contributed by atoms with E-state index >= 15 is 0 Å². The van der Waals surface area contributed by atoms with E-state index in [1.807, 2.05) is 17.0 Å². The molecule has 3 rings (SSSR count). The Labute approximate surface area is 174 Å². The Bertz CT molecular complexity index is 844. The number of hydrogen-bond donors (Lipinski definition) is 1. The predicted octanol–water partition coefficient (Wildman–Crippen LogP) is 3.71. The molecule has 5 nitrogen and oxygen atoms in total. The molecule has 1 saturated heterocycles. The Morgan fingerprint density at radius 1 is 1.14 bits per heavy atom. The Hall–Kier alpha value is -2.82. The topological polar surface area (TPSA) is 47.9 Å². The van der Waals surface area contributed by atoms with E-state index in [1.165, 1.54) is 22.3 Å². The van der Waals surface area contributed by atoms with Crippen molar-refractivity contribution in [2.24, 2.45) is 4.99 Å². The van der Waals surface area contributed by atoms with Gasteiger partial charge in [-0.1, -0.05) is 54.1 Å². The first-order chi connectivity index (χ1) is 14.1. The van der Waals surface area contributed by atoms with Gasteiger partial charge in [-0.25, -0.2) is 4.99 Å². The molecule has 2 aromatic carbocycles. The molecule has 1 heterocycles. The van der Waals surface area contributed by atoms with E-state index in [-0.39, 0.29) is 5.91 Å². The summed E-state index contributed by atoms with van der Waals surface area (Å²) in [6, 6.07) is 16.9. The largest absolute Gasteiger partial charge is 0.357 e. The highest BCUT2D eigenvalue weighted by molar-refractivity contribution is 5.80. The second-order valence-corrected chi connectivity index (χ2v) is 7.70. The van der Waals surface area contributed by atoms with Crippen molar-refractivity contribution < 1.29 is 4.79 Å².